The van der Waals surface area contributed by atoms with E-state index in [0.717, 1.165) is 30.5 Å². The number of rotatable bonds is 3. The van der Waals surface area contributed by atoms with Crippen molar-refractivity contribution in [2.75, 3.05) is 6.54 Å². The minimum atomic E-state index is 0.0833. The van der Waals surface area contributed by atoms with Gasteiger partial charge in [-0.05, 0) is 11.1 Å². The zero-order valence-corrected chi connectivity index (χ0v) is 11.5. The Morgan fingerprint density at radius 1 is 1.05 bits per heavy atom. The minimum absolute atomic E-state index is 0.0833. The summed E-state index contributed by atoms with van der Waals surface area (Å²) < 4.78 is 0. The summed E-state index contributed by atoms with van der Waals surface area (Å²) in [6.07, 6.45) is 1.81. The Bertz CT molecular complexity index is 643. The highest BCUT2D eigenvalue weighted by molar-refractivity contribution is 6.03. The van der Waals surface area contributed by atoms with E-state index in [1.807, 2.05) is 30.3 Å². The SMILES string of the molecule is CC1(c2ccccc2)CN=C(c2ccc(C=O)cc2)C1. The molecule has 0 aromatic heterocycles. The van der Waals surface area contributed by atoms with Crippen molar-refractivity contribution in [1.29, 1.82) is 0 Å². The summed E-state index contributed by atoms with van der Waals surface area (Å²) in [4.78, 5) is 15.4. The normalized spacial score (nSPS) is 21.6. The van der Waals surface area contributed by atoms with Crippen molar-refractivity contribution in [2.24, 2.45) is 4.99 Å². The van der Waals surface area contributed by atoms with Crippen LogP contribution in [0.2, 0.25) is 0 Å². The van der Waals surface area contributed by atoms with Crippen LogP contribution in [0.15, 0.2) is 59.6 Å². The molecule has 0 spiro atoms. The zero-order valence-electron chi connectivity index (χ0n) is 11.5. The van der Waals surface area contributed by atoms with Gasteiger partial charge in [-0.1, -0.05) is 61.5 Å². The van der Waals surface area contributed by atoms with Crippen LogP contribution in [0.25, 0.3) is 0 Å². The van der Waals surface area contributed by atoms with E-state index < -0.39 is 0 Å². The molecule has 2 aromatic rings. The van der Waals surface area contributed by atoms with Crippen molar-refractivity contribution in [1.82, 2.24) is 0 Å². The molecule has 2 heteroatoms. The first-order chi connectivity index (χ1) is 9.71. The van der Waals surface area contributed by atoms with Crippen molar-refractivity contribution in [3.8, 4) is 0 Å². The van der Waals surface area contributed by atoms with E-state index >= 15 is 0 Å². The molecule has 1 atom stereocenters. The number of carbonyl (C=O) groups is 1. The Hall–Kier alpha value is -2.22. The number of nitrogens with zero attached hydrogens (tertiary/aromatic N) is 1. The maximum Gasteiger partial charge on any atom is 0.150 e. The molecule has 1 aliphatic heterocycles. The third-order valence-corrected chi connectivity index (χ3v) is 4.03. The van der Waals surface area contributed by atoms with E-state index in [1.165, 1.54) is 5.56 Å². The molecule has 0 aliphatic carbocycles. The number of hydrogen-bond donors (Lipinski definition) is 0. The smallest absolute Gasteiger partial charge is 0.150 e. The quantitative estimate of drug-likeness (QED) is 0.777. The Morgan fingerprint density at radius 2 is 1.75 bits per heavy atom. The molecule has 0 radical (unpaired) electrons. The summed E-state index contributed by atoms with van der Waals surface area (Å²) in [6, 6.07) is 18.2. The van der Waals surface area contributed by atoms with Crippen molar-refractivity contribution in [2.45, 2.75) is 18.8 Å². The van der Waals surface area contributed by atoms with E-state index in [1.54, 1.807) is 0 Å². The number of aldehydes is 1. The highest BCUT2D eigenvalue weighted by Gasteiger charge is 2.33. The Morgan fingerprint density at radius 3 is 2.40 bits per heavy atom. The summed E-state index contributed by atoms with van der Waals surface area (Å²) in [7, 11) is 0. The molecule has 0 bridgehead atoms. The van der Waals surface area contributed by atoms with Gasteiger partial charge < -0.3 is 0 Å². The summed E-state index contributed by atoms with van der Waals surface area (Å²) in [6.45, 7) is 3.08. The molecule has 2 aromatic carbocycles. The predicted molar refractivity (Wildman–Crippen MR) is 81.6 cm³/mol. The lowest BCUT2D eigenvalue weighted by atomic mass is 9.79. The van der Waals surface area contributed by atoms with Crippen LogP contribution < -0.4 is 0 Å². The van der Waals surface area contributed by atoms with Crippen LogP contribution >= 0.6 is 0 Å². The van der Waals surface area contributed by atoms with Crippen molar-refractivity contribution in [3.63, 3.8) is 0 Å². The topological polar surface area (TPSA) is 29.4 Å². The van der Waals surface area contributed by atoms with Gasteiger partial charge >= 0.3 is 0 Å². The summed E-state index contributed by atoms with van der Waals surface area (Å²) in [5, 5.41) is 0. The molecule has 100 valence electrons. The van der Waals surface area contributed by atoms with Crippen LogP contribution in [-0.4, -0.2) is 18.5 Å². The molecular formula is C18H17NO. The first-order valence-corrected chi connectivity index (χ1v) is 6.86. The molecule has 1 aliphatic rings. The molecule has 0 fully saturated rings. The average Bonchev–Trinajstić information content (AvgIpc) is 2.92. The van der Waals surface area contributed by atoms with Gasteiger partial charge in [-0.3, -0.25) is 9.79 Å². The molecule has 2 nitrogen and oxygen atoms in total. The van der Waals surface area contributed by atoms with Crippen LogP contribution in [0.3, 0.4) is 0 Å². The number of carbonyl (C=O) groups excluding carboxylic acids is 1. The third-order valence-electron chi connectivity index (χ3n) is 4.03. The second kappa shape index (κ2) is 5.04. The Kier molecular flexibility index (Phi) is 3.23. The largest absolute Gasteiger partial charge is 0.298 e. The van der Waals surface area contributed by atoms with E-state index in [2.05, 4.69) is 31.2 Å². The molecule has 1 heterocycles. The maximum atomic E-state index is 10.7. The highest BCUT2D eigenvalue weighted by Crippen LogP contribution is 2.34. The monoisotopic (exact) mass is 263 g/mol. The standard InChI is InChI=1S/C18H17NO/c1-18(16-5-3-2-4-6-16)11-17(19-13-18)15-9-7-14(12-20)8-10-15/h2-10,12H,11,13H2,1H3. The van der Waals surface area contributed by atoms with E-state index in [0.29, 0.717) is 5.56 Å². The fourth-order valence-corrected chi connectivity index (χ4v) is 2.73. The summed E-state index contributed by atoms with van der Waals surface area (Å²) >= 11 is 0. The molecule has 1 unspecified atom stereocenters. The second-order valence-corrected chi connectivity index (χ2v) is 5.61. The first kappa shape index (κ1) is 12.8. The number of hydrogen-bond acceptors (Lipinski definition) is 2. The second-order valence-electron chi connectivity index (χ2n) is 5.61. The summed E-state index contributed by atoms with van der Waals surface area (Å²) in [5.41, 5.74) is 4.38. The lowest BCUT2D eigenvalue weighted by Gasteiger charge is -2.23. The number of benzene rings is 2. The van der Waals surface area contributed by atoms with Gasteiger partial charge in [-0.15, -0.1) is 0 Å². The Labute approximate surface area is 119 Å². The molecule has 0 saturated heterocycles. The molecule has 0 amide bonds. The maximum absolute atomic E-state index is 10.7. The summed E-state index contributed by atoms with van der Waals surface area (Å²) in [5.74, 6) is 0. The van der Waals surface area contributed by atoms with Gasteiger partial charge in [0.15, 0.2) is 0 Å². The molecule has 0 N–H and O–H groups in total. The fraction of sp³-hybridized carbons (Fsp3) is 0.222. The Balaban J connectivity index is 1.83. The van der Waals surface area contributed by atoms with Crippen molar-refractivity contribution >= 4 is 12.0 Å². The fourth-order valence-electron chi connectivity index (χ4n) is 2.73. The lowest BCUT2D eigenvalue weighted by molar-refractivity contribution is 0.112. The average molecular weight is 263 g/mol. The highest BCUT2D eigenvalue weighted by atomic mass is 16.1. The van der Waals surface area contributed by atoms with Crippen LogP contribution in [0.1, 0.15) is 34.8 Å². The van der Waals surface area contributed by atoms with Crippen LogP contribution in [0.5, 0.6) is 0 Å². The van der Waals surface area contributed by atoms with Gasteiger partial charge in [0, 0.05) is 29.7 Å². The molecule has 0 saturated carbocycles. The van der Waals surface area contributed by atoms with Crippen molar-refractivity contribution < 1.29 is 4.79 Å². The zero-order chi connectivity index (χ0) is 14.0. The molecular weight excluding hydrogens is 246 g/mol. The van der Waals surface area contributed by atoms with Crippen LogP contribution in [0, 0.1) is 0 Å². The van der Waals surface area contributed by atoms with E-state index in [4.69, 9.17) is 4.99 Å². The molecule has 3 rings (SSSR count). The van der Waals surface area contributed by atoms with E-state index in [-0.39, 0.29) is 5.41 Å². The van der Waals surface area contributed by atoms with Gasteiger partial charge in [-0.2, -0.15) is 0 Å². The molecule has 20 heavy (non-hydrogen) atoms. The predicted octanol–water partition coefficient (Wildman–Crippen LogP) is 3.65. The van der Waals surface area contributed by atoms with Gasteiger partial charge in [0.2, 0.25) is 0 Å². The van der Waals surface area contributed by atoms with Crippen molar-refractivity contribution in [3.05, 3.63) is 71.3 Å². The van der Waals surface area contributed by atoms with E-state index in [9.17, 15) is 4.79 Å². The van der Waals surface area contributed by atoms with Gasteiger partial charge in [-0.25, -0.2) is 0 Å². The van der Waals surface area contributed by atoms with Gasteiger partial charge in [0.05, 0.1) is 0 Å². The van der Waals surface area contributed by atoms with Gasteiger partial charge in [0.1, 0.15) is 6.29 Å². The van der Waals surface area contributed by atoms with Crippen LogP contribution in [-0.2, 0) is 5.41 Å². The first-order valence-electron chi connectivity index (χ1n) is 6.86. The minimum Gasteiger partial charge on any atom is -0.298 e. The third kappa shape index (κ3) is 2.29. The lowest BCUT2D eigenvalue weighted by Crippen LogP contribution is -2.23. The number of aliphatic imine (C=N–C) groups is 1. The van der Waals surface area contributed by atoms with Crippen LogP contribution in [0.4, 0.5) is 0 Å². The van der Waals surface area contributed by atoms with Gasteiger partial charge in [0.25, 0.3) is 0 Å².